The van der Waals surface area contributed by atoms with E-state index in [1.54, 1.807) is 24.3 Å². The second-order valence-corrected chi connectivity index (χ2v) is 10.8. The minimum absolute atomic E-state index is 0.249. The summed E-state index contributed by atoms with van der Waals surface area (Å²) in [5.41, 5.74) is 3.18. The Kier molecular flexibility index (Phi) is 11.2. The average molecular weight is 666 g/mol. The van der Waals surface area contributed by atoms with Crippen LogP contribution >= 0.6 is 31.9 Å². The van der Waals surface area contributed by atoms with Gasteiger partial charge in [0.1, 0.15) is 11.5 Å². The third-order valence-corrected chi connectivity index (χ3v) is 7.04. The third-order valence-electron chi connectivity index (χ3n) is 6.05. The number of carbonyl (C=O) groups is 2. The fourth-order valence-corrected chi connectivity index (χ4v) is 4.72. The van der Waals surface area contributed by atoms with E-state index in [0.717, 1.165) is 32.9 Å². The molecule has 0 unspecified atom stereocenters. The first-order valence-electron chi connectivity index (χ1n) is 13.0. The first-order chi connectivity index (χ1) is 19.5. The minimum atomic E-state index is -0.280. The van der Waals surface area contributed by atoms with Gasteiger partial charge in [-0.2, -0.15) is 0 Å². The van der Waals surface area contributed by atoms with Gasteiger partial charge in [-0.1, -0.05) is 92.5 Å². The van der Waals surface area contributed by atoms with Crippen LogP contribution in [0.15, 0.2) is 106 Å². The molecule has 0 saturated carbocycles. The molecule has 0 radical (unpaired) electrons. The predicted octanol–water partition coefficient (Wildman–Crippen LogP) is 6.61. The molecule has 2 amide bonds. The van der Waals surface area contributed by atoms with Crippen molar-refractivity contribution < 1.29 is 19.1 Å². The maximum Gasteiger partial charge on any atom is 0.255 e. The van der Waals surface area contributed by atoms with Crippen LogP contribution in [0.2, 0.25) is 0 Å². The molecule has 0 fully saturated rings. The van der Waals surface area contributed by atoms with Crippen LogP contribution in [-0.2, 0) is 12.8 Å². The van der Waals surface area contributed by atoms with Gasteiger partial charge in [0, 0.05) is 34.9 Å². The number of carbonyl (C=O) groups excluding carboxylic acids is 2. The van der Waals surface area contributed by atoms with Crippen molar-refractivity contribution in [2.24, 2.45) is 0 Å². The van der Waals surface area contributed by atoms with Gasteiger partial charge < -0.3 is 20.1 Å². The Morgan fingerprint density at radius 3 is 1.38 bits per heavy atom. The molecule has 4 rings (SSSR count). The van der Waals surface area contributed by atoms with Crippen molar-refractivity contribution in [1.29, 1.82) is 0 Å². The molecule has 0 aliphatic carbocycles. The highest BCUT2D eigenvalue weighted by atomic mass is 79.9. The summed E-state index contributed by atoms with van der Waals surface area (Å²) in [6.45, 7) is 1.40. The molecule has 0 aliphatic rings. The van der Waals surface area contributed by atoms with E-state index < -0.39 is 0 Å². The van der Waals surface area contributed by atoms with Crippen molar-refractivity contribution in [2.45, 2.75) is 12.8 Å². The summed E-state index contributed by atoms with van der Waals surface area (Å²) < 4.78 is 13.4. The fourth-order valence-electron chi connectivity index (χ4n) is 4.00. The molecule has 0 bridgehead atoms. The van der Waals surface area contributed by atoms with E-state index in [1.807, 2.05) is 72.8 Å². The van der Waals surface area contributed by atoms with E-state index in [9.17, 15) is 9.59 Å². The smallest absolute Gasteiger partial charge is 0.255 e. The lowest BCUT2D eigenvalue weighted by atomic mass is 10.1. The van der Waals surface area contributed by atoms with Crippen LogP contribution in [0.1, 0.15) is 31.8 Å². The minimum Gasteiger partial charge on any atom is -0.492 e. The first-order valence-corrected chi connectivity index (χ1v) is 14.6. The maximum atomic E-state index is 12.9. The van der Waals surface area contributed by atoms with Gasteiger partial charge in [0.05, 0.1) is 24.3 Å². The molecule has 2 N–H and O–H groups in total. The van der Waals surface area contributed by atoms with Gasteiger partial charge in [-0.25, -0.2) is 0 Å². The Hall–Kier alpha value is -3.62. The predicted molar refractivity (Wildman–Crippen MR) is 164 cm³/mol. The lowest BCUT2D eigenvalue weighted by Crippen LogP contribution is -2.35. The summed E-state index contributed by atoms with van der Waals surface area (Å²) in [7, 11) is 0. The van der Waals surface area contributed by atoms with Gasteiger partial charge in [-0.05, 0) is 47.5 Å². The second kappa shape index (κ2) is 15.2. The van der Waals surface area contributed by atoms with Crippen LogP contribution < -0.4 is 20.1 Å². The van der Waals surface area contributed by atoms with Gasteiger partial charge in [-0.3, -0.25) is 9.59 Å². The number of hydrogen-bond donors (Lipinski definition) is 2. The molecule has 0 aliphatic heterocycles. The molecule has 4 aromatic carbocycles. The summed E-state index contributed by atoms with van der Waals surface area (Å²) in [5, 5.41) is 5.73. The molecule has 0 spiro atoms. The molecule has 206 valence electrons. The monoisotopic (exact) mass is 664 g/mol. The second-order valence-electron chi connectivity index (χ2n) is 8.96. The molecule has 0 heterocycles. The Balaban J connectivity index is 1.27. The van der Waals surface area contributed by atoms with Gasteiger partial charge >= 0.3 is 0 Å². The first kappa shape index (κ1) is 29.4. The highest BCUT2D eigenvalue weighted by Crippen LogP contribution is 2.25. The fraction of sp³-hybridized carbons (Fsp3) is 0.188. The SMILES string of the molecule is O=C(NCCNC(=O)c1cc(Br)ccc1OCCc1ccccc1)c1cc(Br)ccc1OCCc1ccccc1. The molecular weight excluding hydrogens is 636 g/mol. The zero-order chi connectivity index (χ0) is 28.2. The Bertz CT molecular complexity index is 1310. The number of rotatable bonds is 13. The largest absolute Gasteiger partial charge is 0.492 e. The van der Waals surface area contributed by atoms with Crippen LogP contribution in [0.3, 0.4) is 0 Å². The van der Waals surface area contributed by atoms with Crippen molar-refractivity contribution in [3.8, 4) is 11.5 Å². The van der Waals surface area contributed by atoms with E-state index in [1.165, 1.54) is 0 Å². The topological polar surface area (TPSA) is 76.7 Å². The zero-order valence-electron chi connectivity index (χ0n) is 21.9. The van der Waals surface area contributed by atoms with Gasteiger partial charge in [0.15, 0.2) is 0 Å². The summed E-state index contributed by atoms with van der Waals surface area (Å²) >= 11 is 6.86. The van der Waals surface area contributed by atoms with Crippen molar-refractivity contribution in [1.82, 2.24) is 10.6 Å². The van der Waals surface area contributed by atoms with Crippen LogP contribution in [0.25, 0.3) is 0 Å². The number of benzene rings is 4. The number of halogens is 2. The van der Waals surface area contributed by atoms with Gasteiger partial charge in [0.2, 0.25) is 0 Å². The number of nitrogens with one attached hydrogen (secondary N) is 2. The van der Waals surface area contributed by atoms with E-state index in [2.05, 4.69) is 42.5 Å². The van der Waals surface area contributed by atoms with Gasteiger partial charge in [0.25, 0.3) is 11.8 Å². The molecule has 8 heteroatoms. The summed E-state index contributed by atoms with van der Waals surface area (Å²) in [6, 6.07) is 30.8. The van der Waals surface area contributed by atoms with E-state index >= 15 is 0 Å². The van der Waals surface area contributed by atoms with Crippen LogP contribution in [0.5, 0.6) is 11.5 Å². The van der Waals surface area contributed by atoms with E-state index in [-0.39, 0.29) is 24.9 Å². The van der Waals surface area contributed by atoms with Crippen LogP contribution in [0.4, 0.5) is 0 Å². The van der Waals surface area contributed by atoms with Crippen LogP contribution in [-0.4, -0.2) is 38.1 Å². The van der Waals surface area contributed by atoms with Crippen LogP contribution in [0, 0.1) is 0 Å². The van der Waals surface area contributed by atoms with Crippen molar-refractivity contribution in [2.75, 3.05) is 26.3 Å². The average Bonchev–Trinajstić information content (AvgIpc) is 2.97. The molecule has 0 atom stereocenters. The third kappa shape index (κ3) is 8.96. The number of amides is 2. The molecule has 40 heavy (non-hydrogen) atoms. The highest BCUT2D eigenvalue weighted by molar-refractivity contribution is 9.10. The number of ether oxygens (including phenoxy) is 2. The molecule has 0 saturated heterocycles. The summed E-state index contributed by atoms with van der Waals surface area (Å²) in [5.74, 6) is 0.453. The molecular formula is C32H30Br2N2O4. The quantitative estimate of drug-likeness (QED) is 0.158. The Morgan fingerprint density at radius 1 is 0.575 bits per heavy atom. The molecule has 0 aromatic heterocycles. The highest BCUT2D eigenvalue weighted by Gasteiger charge is 2.15. The molecule has 6 nitrogen and oxygen atoms in total. The lowest BCUT2D eigenvalue weighted by molar-refractivity contribution is 0.0923. The maximum absolute atomic E-state index is 12.9. The standard InChI is InChI=1S/C32H30Br2N2O4/c33-25-11-13-29(39-19-15-23-7-3-1-4-8-23)27(21-25)31(37)35-17-18-36-32(38)28-22-26(34)12-14-30(28)40-20-16-24-9-5-2-6-10-24/h1-14,21-22H,15-20H2,(H,35,37)(H,36,38). The van der Waals surface area contributed by atoms with Crippen molar-refractivity contribution in [3.63, 3.8) is 0 Å². The Labute approximate surface area is 251 Å². The normalized spacial score (nSPS) is 10.6. The van der Waals surface area contributed by atoms with E-state index in [0.29, 0.717) is 35.8 Å². The zero-order valence-corrected chi connectivity index (χ0v) is 25.0. The Morgan fingerprint density at radius 2 is 0.975 bits per heavy atom. The van der Waals surface area contributed by atoms with Crippen molar-refractivity contribution in [3.05, 3.63) is 128 Å². The number of hydrogen-bond acceptors (Lipinski definition) is 4. The van der Waals surface area contributed by atoms with Gasteiger partial charge in [-0.15, -0.1) is 0 Å². The molecule has 4 aromatic rings. The van der Waals surface area contributed by atoms with Crippen molar-refractivity contribution >= 4 is 43.7 Å². The summed E-state index contributed by atoms with van der Waals surface area (Å²) in [6.07, 6.45) is 1.47. The van der Waals surface area contributed by atoms with E-state index in [4.69, 9.17) is 9.47 Å². The summed E-state index contributed by atoms with van der Waals surface area (Å²) in [4.78, 5) is 25.9. The lowest BCUT2D eigenvalue weighted by Gasteiger charge is -2.14.